The Kier molecular flexibility index (Phi) is 11.3. The molecule has 2 saturated heterocycles. The number of carbonyl (C=O) groups is 4. The maximum absolute atomic E-state index is 13.1. The molecule has 1 aromatic rings. The van der Waals surface area contributed by atoms with Crippen LogP contribution in [0.4, 0.5) is 0 Å². The van der Waals surface area contributed by atoms with E-state index in [-0.39, 0.29) is 37.8 Å². The van der Waals surface area contributed by atoms with E-state index in [0.29, 0.717) is 51.2 Å². The van der Waals surface area contributed by atoms with Crippen molar-refractivity contribution in [3.05, 3.63) is 29.8 Å². The standard InChI is InChI=1S/C29H43N5O7/c1-20-25(35)17-27(37)34(11-10-30-22-4-2-3-5-22)18-26(36)32-24(29(39)31-20)16-21-6-8-23(9-7-21)41-19-28(38)33-12-14-40-15-13-33/h6-9,20,22,24-25,30,35H,2-5,10-19H2,1H3,(H,31,39)(H,32,36)/t20-,24-,25-/m0/s1. The third-order valence-corrected chi connectivity index (χ3v) is 7.93. The molecule has 0 aromatic heterocycles. The van der Waals surface area contributed by atoms with Gasteiger partial charge in [0.2, 0.25) is 17.7 Å². The third-order valence-electron chi connectivity index (χ3n) is 7.93. The van der Waals surface area contributed by atoms with E-state index in [1.165, 1.54) is 17.7 Å². The Morgan fingerprint density at radius 2 is 1.80 bits per heavy atom. The maximum Gasteiger partial charge on any atom is 0.260 e. The summed E-state index contributed by atoms with van der Waals surface area (Å²) in [5.74, 6) is -0.797. The lowest BCUT2D eigenvalue weighted by Crippen LogP contribution is -2.53. The molecule has 0 radical (unpaired) electrons. The number of aliphatic hydroxyl groups is 1. The zero-order valence-electron chi connectivity index (χ0n) is 23.8. The number of nitrogens with zero attached hydrogens (tertiary/aromatic N) is 2. The lowest BCUT2D eigenvalue weighted by Gasteiger charge is -2.26. The van der Waals surface area contributed by atoms with Gasteiger partial charge < -0.3 is 40.3 Å². The highest BCUT2D eigenvalue weighted by atomic mass is 16.5. The molecule has 1 aromatic carbocycles. The highest BCUT2D eigenvalue weighted by Gasteiger charge is 2.30. The first kappa shape index (κ1) is 30.7. The Balaban J connectivity index is 1.35. The smallest absolute Gasteiger partial charge is 0.260 e. The number of aliphatic hydroxyl groups excluding tert-OH is 1. The second-order valence-electron chi connectivity index (χ2n) is 11.1. The molecule has 226 valence electrons. The average molecular weight is 574 g/mol. The Morgan fingerprint density at radius 3 is 2.51 bits per heavy atom. The van der Waals surface area contributed by atoms with Crippen molar-refractivity contribution in [1.82, 2.24) is 25.8 Å². The van der Waals surface area contributed by atoms with E-state index < -0.39 is 30.0 Å². The summed E-state index contributed by atoms with van der Waals surface area (Å²) in [5.41, 5.74) is 0.772. The van der Waals surface area contributed by atoms with E-state index in [2.05, 4.69) is 16.0 Å². The molecule has 3 fully saturated rings. The molecule has 0 bridgehead atoms. The van der Waals surface area contributed by atoms with Crippen molar-refractivity contribution < 1.29 is 33.8 Å². The van der Waals surface area contributed by atoms with E-state index in [1.54, 1.807) is 36.1 Å². The summed E-state index contributed by atoms with van der Waals surface area (Å²) in [6, 6.07) is 5.85. The molecule has 3 aliphatic rings. The van der Waals surface area contributed by atoms with Crippen molar-refractivity contribution in [2.24, 2.45) is 0 Å². The molecule has 12 nitrogen and oxygen atoms in total. The molecule has 1 aliphatic carbocycles. The molecule has 0 spiro atoms. The first-order chi connectivity index (χ1) is 19.8. The fourth-order valence-corrected chi connectivity index (χ4v) is 5.36. The monoisotopic (exact) mass is 573 g/mol. The van der Waals surface area contributed by atoms with Crippen molar-refractivity contribution in [2.45, 2.75) is 69.7 Å². The summed E-state index contributed by atoms with van der Waals surface area (Å²) < 4.78 is 10.9. The third kappa shape index (κ3) is 9.40. The quantitative estimate of drug-likeness (QED) is 0.311. The van der Waals surface area contributed by atoms with Crippen LogP contribution in [0.25, 0.3) is 0 Å². The van der Waals surface area contributed by atoms with Crippen LogP contribution in [-0.4, -0.2) is 115 Å². The van der Waals surface area contributed by atoms with Crippen LogP contribution in [0.2, 0.25) is 0 Å². The van der Waals surface area contributed by atoms with Gasteiger partial charge in [0.1, 0.15) is 11.8 Å². The topological polar surface area (TPSA) is 150 Å². The first-order valence-electron chi connectivity index (χ1n) is 14.6. The summed E-state index contributed by atoms with van der Waals surface area (Å²) in [4.78, 5) is 54.5. The summed E-state index contributed by atoms with van der Waals surface area (Å²) >= 11 is 0. The number of benzene rings is 1. The Labute approximate surface area is 241 Å². The van der Waals surface area contributed by atoms with Gasteiger partial charge in [-0.05, 0) is 37.5 Å². The minimum atomic E-state index is -1.08. The van der Waals surface area contributed by atoms with Crippen LogP contribution in [0.3, 0.4) is 0 Å². The number of morpholine rings is 1. The minimum absolute atomic E-state index is 0.0773. The largest absolute Gasteiger partial charge is 0.484 e. The number of carbonyl (C=O) groups excluding carboxylic acids is 4. The normalized spacial score (nSPS) is 24.9. The highest BCUT2D eigenvalue weighted by Crippen LogP contribution is 2.18. The predicted octanol–water partition coefficient (Wildman–Crippen LogP) is -0.418. The van der Waals surface area contributed by atoms with Crippen molar-refractivity contribution in [2.75, 3.05) is 52.5 Å². The molecule has 12 heteroatoms. The minimum Gasteiger partial charge on any atom is -0.484 e. The SMILES string of the molecule is C[C@@H]1NC(=O)[C@H](Cc2ccc(OCC(=O)N3CCOCC3)cc2)NC(=O)CN(CCNC2CCCC2)C(=O)C[C@@H]1O. The molecule has 4 rings (SSSR count). The van der Waals surface area contributed by atoms with E-state index >= 15 is 0 Å². The van der Waals surface area contributed by atoms with Crippen LogP contribution in [0, 0.1) is 0 Å². The number of ether oxygens (including phenoxy) is 2. The molecular weight excluding hydrogens is 530 g/mol. The lowest BCUT2D eigenvalue weighted by molar-refractivity contribution is -0.138. The van der Waals surface area contributed by atoms with Crippen molar-refractivity contribution >= 4 is 23.6 Å². The average Bonchev–Trinajstić information content (AvgIpc) is 3.49. The van der Waals surface area contributed by atoms with E-state index in [9.17, 15) is 24.3 Å². The molecule has 1 saturated carbocycles. The first-order valence-corrected chi connectivity index (χ1v) is 14.6. The van der Waals surface area contributed by atoms with E-state index in [1.807, 2.05) is 0 Å². The van der Waals surface area contributed by atoms with Crippen LogP contribution >= 0.6 is 0 Å². The van der Waals surface area contributed by atoms with Gasteiger partial charge in [-0.1, -0.05) is 25.0 Å². The molecule has 3 atom stereocenters. The van der Waals surface area contributed by atoms with Crippen LogP contribution in [0.1, 0.15) is 44.6 Å². The summed E-state index contributed by atoms with van der Waals surface area (Å²) in [6.45, 7) is 4.41. The second-order valence-corrected chi connectivity index (χ2v) is 11.1. The van der Waals surface area contributed by atoms with E-state index in [0.717, 1.165) is 18.4 Å². The number of rotatable bonds is 9. The molecule has 0 unspecified atom stereocenters. The van der Waals surface area contributed by atoms with Gasteiger partial charge >= 0.3 is 0 Å². The molecular formula is C29H43N5O7. The number of amides is 4. The summed E-state index contributed by atoms with van der Waals surface area (Å²) in [6.07, 6.45) is 3.55. The number of hydrogen-bond donors (Lipinski definition) is 4. The van der Waals surface area contributed by atoms with Gasteiger partial charge in [0.05, 0.1) is 38.3 Å². The highest BCUT2D eigenvalue weighted by molar-refractivity contribution is 5.91. The van der Waals surface area contributed by atoms with Crippen molar-refractivity contribution in [3.8, 4) is 5.75 Å². The van der Waals surface area contributed by atoms with Crippen LogP contribution in [0.15, 0.2) is 24.3 Å². The second kappa shape index (κ2) is 15.1. The Hall–Kier alpha value is -3.22. The molecule has 2 aliphatic heterocycles. The van der Waals surface area contributed by atoms with Crippen molar-refractivity contribution in [1.29, 1.82) is 0 Å². The molecule has 2 heterocycles. The van der Waals surface area contributed by atoms with Crippen LogP contribution in [-0.2, 0) is 30.3 Å². The van der Waals surface area contributed by atoms with Gasteiger partial charge in [0.15, 0.2) is 6.61 Å². The molecule has 41 heavy (non-hydrogen) atoms. The maximum atomic E-state index is 13.1. The van der Waals surface area contributed by atoms with Crippen molar-refractivity contribution in [3.63, 3.8) is 0 Å². The zero-order chi connectivity index (χ0) is 29.2. The zero-order valence-corrected chi connectivity index (χ0v) is 23.8. The van der Waals surface area contributed by atoms with Crippen LogP contribution in [0.5, 0.6) is 5.75 Å². The lowest BCUT2D eigenvalue weighted by atomic mass is 10.0. The predicted molar refractivity (Wildman–Crippen MR) is 150 cm³/mol. The molecule has 4 N–H and O–H groups in total. The van der Waals surface area contributed by atoms with Gasteiger partial charge in [-0.3, -0.25) is 19.2 Å². The number of hydrogen-bond acceptors (Lipinski definition) is 8. The van der Waals surface area contributed by atoms with Crippen LogP contribution < -0.4 is 20.7 Å². The summed E-state index contributed by atoms with van der Waals surface area (Å²) in [7, 11) is 0. The Morgan fingerprint density at radius 1 is 1.10 bits per heavy atom. The molecule has 4 amide bonds. The van der Waals surface area contributed by atoms with Gasteiger partial charge in [0, 0.05) is 38.6 Å². The van der Waals surface area contributed by atoms with Gasteiger partial charge in [-0.15, -0.1) is 0 Å². The van der Waals surface area contributed by atoms with E-state index in [4.69, 9.17) is 9.47 Å². The van der Waals surface area contributed by atoms with Gasteiger partial charge in [-0.2, -0.15) is 0 Å². The van der Waals surface area contributed by atoms with Gasteiger partial charge in [-0.25, -0.2) is 0 Å². The number of nitrogens with one attached hydrogen (secondary N) is 3. The fraction of sp³-hybridized carbons (Fsp3) is 0.655. The summed E-state index contributed by atoms with van der Waals surface area (Å²) in [5, 5.41) is 19.6. The Bertz CT molecular complexity index is 1040. The fourth-order valence-electron chi connectivity index (χ4n) is 5.36. The van der Waals surface area contributed by atoms with Gasteiger partial charge in [0.25, 0.3) is 5.91 Å².